The summed E-state index contributed by atoms with van der Waals surface area (Å²) in [5, 5.41) is 0. The second kappa shape index (κ2) is 10.6. The predicted molar refractivity (Wildman–Crippen MR) is 91.9 cm³/mol. The Morgan fingerprint density at radius 3 is 1.61 bits per heavy atom. The van der Waals surface area contributed by atoms with Gasteiger partial charge in [-0.2, -0.15) is 13.2 Å². The molecule has 0 fully saturated rings. The molecular weight excluding hydrogens is 299 g/mol. The van der Waals surface area contributed by atoms with Crippen LogP contribution >= 0.6 is 0 Å². The molecule has 0 unspecified atom stereocenters. The summed E-state index contributed by atoms with van der Waals surface area (Å²) in [6.45, 7) is 6.21. The molecule has 0 bridgehead atoms. The molecule has 23 heavy (non-hydrogen) atoms. The fourth-order valence-corrected chi connectivity index (χ4v) is 2.69. The van der Waals surface area contributed by atoms with Crippen LogP contribution in [0.15, 0.2) is 24.3 Å². The number of hydrogen-bond donors (Lipinski definition) is 0. The Labute approximate surface area is 138 Å². The summed E-state index contributed by atoms with van der Waals surface area (Å²) in [4.78, 5) is 2.24. The third-order valence-corrected chi connectivity index (χ3v) is 4.12. The van der Waals surface area contributed by atoms with Gasteiger partial charge >= 0.3 is 6.18 Å². The molecule has 1 rings (SSSR count). The van der Waals surface area contributed by atoms with Gasteiger partial charge in [0.25, 0.3) is 0 Å². The highest BCUT2D eigenvalue weighted by Gasteiger charge is 2.30. The normalized spacial score (nSPS) is 11.7. The van der Waals surface area contributed by atoms with Gasteiger partial charge < -0.3 is 4.90 Å². The van der Waals surface area contributed by atoms with Gasteiger partial charge in [-0.3, -0.25) is 0 Å². The molecule has 1 nitrogen and oxygen atoms in total. The minimum absolute atomic E-state index is 0.571. The van der Waals surface area contributed by atoms with Crippen molar-refractivity contribution in [1.82, 2.24) is 0 Å². The molecule has 0 heterocycles. The zero-order valence-corrected chi connectivity index (χ0v) is 14.5. The van der Waals surface area contributed by atoms with Gasteiger partial charge in [0.2, 0.25) is 0 Å². The van der Waals surface area contributed by atoms with Crippen molar-refractivity contribution in [1.29, 1.82) is 0 Å². The molecule has 1 aromatic carbocycles. The maximum atomic E-state index is 12.7. The van der Waals surface area contributed by atoms with E-state index >= 15 is 0 Å². The van der Waals surface area contributed by atoms with Crippen molar-refractivity contribution < 1.29 is 13.2 Å². The van der Waals surface area contributed by atoms with Crippen molar-refractivity contribution >= 4 is 5.69 Å². The Balaban J connectivity index is 2.65. The number of rotatable bonds is 11. The molecule has 0 saturated heterocycles. The van der Waals surface area contributed by atoms with Crippen LogP contribution in [-0.2, 0) is 6.18 Å². The van der Waals surface area contributed by atoms with Crippen LogP contribution in [0.25, 0.3) is 0 Å². The number of benzene rings is 1. The smallest absolute Gasteiger partial charge is 0.372 e. The summed E-state index contributed by atoms with van der Waals surface area (Å²) >= 11 is 0. The molecule has 0 radical (unpaired) electrons. The number of hydrogen-bond acceptors (Lipinski definition) is 1. The number of halogens is 3. The first-order valence-electron chi connectivity index (χ1n) is 8.91. The van der Waals surface area contributed by atoms with E-state index in [2.05, 4.69) is 18.7 Å². The van der Waals surface area contributed by atoms with Crippen LogP contribution in [0.1, 0.15) is 70.8 Å². The zero-order chi connectivity index (χ0) is 17.1. The van der Waals surface area contributed by atoms with Crippen LogP contribution < -0.4 is 4.90 Å². The van der Waals surface area contributed by atoms with E-state index in [9.17, 15) is 13.2 Å². The average molecular weight is 329 g/mol. The Morgan fingerprint density at radius 1 is 0.739 bits per heavy atom. The Kier molecular flexibility index (Phi) is 9.12. The first-order valence-corrected chi connectivity index (χ1v) is 8.91. The first-order chi connectivity index (χ1) is 11.0. The molecule has 0 atom stereocenters. The SMILES string of the molecule is CCCCCCN(CCCCCC)c1ccc(C(F)(F)F)cc1. The molecule has 0 amide bonds. The van der Waals surface area contributed by atoms with Gasteiger partial charge in [-0.25, -0.2) is 0 Å². The van der Waals surface area contributed by atoms with Gasteiger partial charge in [-0.15, -0.1) is 0 Å². The van der Waals surface area contributed by atoms with Crippen molar-refractivity contribution in [3.05, 3.63) is 29.8 Å². The fraction of sp³-hybridized carbons (Fsp3) is 0.684. The predicted octanol–water partition coefficient (Wildman–Crippen LogP) is 6.67. The van der Waals surface area contributed by atoms with E-state index < -0.39 is 11.7 Å². The highest BCUT2D eigenvalue weighted by Crippen LogP contribution is 2.30. The van der Waals surface area contributed by atoms with E-state index in [1.165, 1.54) is 50.7 Å². The van der Waals surface area contributed by atoms with Crippen LogP contribution in [-0.4, -0.2) is 13.1 Å². The van der Waals surface area contributed by atoms with Crippen molar-refractivity contribution in [2.24, 2.45) is 0 Å². The Bertz CT molecular complexity index is 400. The third kappa shape index (κ3) is 7.76. The number of nitrogens with zero attached hydrogens (tertiary/aromatic N) is 1. The standard InChI is InChI=1S/C19H30F3N/c1-3-5-7-9-15-23(16-10-8-6-4-2)18-13-11-17(12-14-18)19(20,21)22/h11-14H,3-10,15-16H2,1-2H3. The van der Waals surface area contributed by atoms with Gasteiger partial charge in [0.15, 0.2) is 0 Å². The lowest BCUT2D eigenvalue weighted by Gasteiger charge is -2.25. The van der Waals surface area contributed by atoms with E-state index in [1.54, 1.807) is 12.1 Å². The highest BCUT2D eigenvalue weighted by molar-refractivity contribution is 5.48. The van der Waals surface area contributed by atoms with Gasteiger partial charge in [0.05, 0.1) is 5.56 Å². The summed E-state index contributed by atoms with van der Waals surface area (Å²) in [6.07, 6.45) is 5.13. The van der Waals surface area contributed by atoms with E-state index in [0.29, 0.717) is 0 Å². The number of anilines is 1. The van der Waals surface area contributed by atoms with E-state index in [4.69, 9.17) is 0 Å². The lowest BCUT2D eigenvalue weighted by Crippen LogP contribution is -2.25. The summed E-state index contributed by atoms with van der Waals surface area (Å²) < 4.78 is 38.0. The molecule has 0 aliphatic heterocycles. The molecule has 132 valence electrons. The summed E-state index contributed by atoms with van der Waals surface area (Å²) in [5.74, 6) is 0. The van der Waals surface area contributed by atoms with Crippen LogP contribution in [0.3, 0.4) is 0 Å². The maximum absolute atomic E-state index is 12.7. The van der Waals surface area contributed by atoms with Crippen LogP contribution in [0.4, 0.5) is 18.9 Å². The second-order valence-corrected chi connectivity index (χ2v) is 6.15. The van der Waals surface area contributed by atoms with Crippen molar-refractivity contribution in [3.63, 3.8) is 0 Å². The Morgan fingerprint density at radius 2 is 1.22 bits per heavy atom. The van der Waals surface area contributed by atoms with E-state index in [1.807, 2.05) is 0 Å². The number of unbranched alkanes of at least 4 members (excludes halogenated alkanes) is 6. The minimum atomic E-state index is -4.26. The fourth-order valence-electron chi connectivity index (χ4n) is 2.69. The molecule has 0 N–H and O–H groups in total. The zero-order valence-electron chi connectivity index (χ0n) is 14.5. The average Bonchev–Trinajstić information content (AvgIpc) is 2.53. The summed E-state index contributed by atoms with van der Waals surface area (Å²) in [7, 11) is 0. The molecule has 0 spiro atoms. The summed E-state index contributed by atoms with van der Waals surface area (Å²) in [6, 6.07) is 5.62. The molecule has 0 aliphatic carbocycles. The largest absolute Gasteiger partial charge is 0.416 e. The van der Waals surface area contributed by atoms with E-state index in [0.717, 1.165) is 31.6 Å². The maximum Gasteiger partial charge on any atom is 0.416 e. The highest BCUT2D eigenvalue weighted by atomic mass is 19.4. The Hall–Kier alpha value is -1.19. The van der Waals surface area contributed by atoms with E-state index in [-0.39, 0.29) is 0 Å². The topological polar surface area (TPSA) is 3.24 Å². The molecule has 0 aromatic heterocycles. The van der Waals surface area contributed by atoms with Gasteiger partial charge in [0.1, 0.15) is 0 Å². The van der Waals surface area contributed by atoms with Crippen LogP contribution in [0.2, 0.25) is 0 Å². The molecule has 0 aliphatic rings. The van der Waals surface area contributed by atoms with Gasteiger partial charge in [-0.05, 0) is 37.1 Å². The molecule has 0 saturated carbocycles. The first kappa shape index (κ1) is 19.9. The molecule has 1 aromatic rings. The monoisotopic (exact) mass is 329 g/mol. The van der Waals surface area contributed by atoms with Crippen molar-refractivity contribution in [3.8, 4) is 0 Å². The van der Waals surface area contributed by atoms with Gasteiger partial charge in [-0.1, -0.05) is 52.4 Å². The lowest BCUT2D eigenvalue weighted by molar-refractivity contribution is -0.137. The number of alkyl halides is 3. The third-order valence-electron chi connectivity index (χ3n) is 4.12. The van der Waals surface area contributed by atoms with Gasteiger partial charge in [0, 0.05) is 18.8 Å². The summed E-state index contributed by atoms with van der Waals surface area (Å²) in [5.41, 5.74) is 0.337. The second-order valence-electron chi connectivity index (χ2n) is 6.15. The molecular formula is C19H30F3N. The van der Waals surface area contributed by atoms with Crippen molar-refractivity contribution in [2.45, 2.75) is 71.4 Å². The van der Waals surface area contributed by atoms with Crippen molar-refractivity contribution in [2.75, 3.05) is 18.0 Å². The molecule has 4 heteroatoms. The van der Waals surface area contributed by atoms with Crippen LogP contribution in [0.5, 0.6) is 0 Å². The minimum Gasteiger partial charge on any atom is -0.372 e. The lowest BCUT2D eigenvalue weighted by atomic mass is 10.1. The van der Waals surface area contributed by atoms with Crippen LogP contribution in [0, 0.1) is 0 Å². The quantitative estimate of drug-likeness (QED) is 0.410.